The summed E-state index contributed by atoms with van der Waals surface area (Å²) in [4.78, 5) is 16.1. The number of nitrogens with one attached hydrogen (secondary N) is 1. The van der Waals surface area contributed by atoms with Gasteiger partial charge in [0.15, 0.2) is 5.13 Å². The summed E-state index contributed by atoms with van der Waals surface area (Å²) in [6, 6.07) is 10.1. The molecule has 0 saturated heterocycles. The zero-order valence-electron chi connectivity index (χ0n) is 8.64. The van der Waals surface area contributed by atoms with Gasteiger partial charge in [0.25, 0.3) is 0 Å². The number of amides is 1. The first-order chi connectivity index (χ1) is 7.74. The second-order valence-corrected chi connectivity index (χ2v) is 5.49. The van der Waals surface area contributed by atoms with Gasteiger partial charge in [-0.2, -0.15) is 0 Å². The molecule has 5 heteroatoms. The molecule has 1 heterocycles. The van der Waals surface area contributed by atoms with E-state index in [2.05, 4.69) is 10.3 Å². The van der Waals surface area contributed by atoms with Gasteiger partial charge in [-0.05, 0) is 12.1 Å². The number of aromatic nitrogens is 1. The number of carbonyl (C=O) groups is 1. The topological polar surface area (TPSA) is 42.0 Å². The van der Waals surface area contributed by atoms with Crippen LogP contribution in [-0.2, 0) is 4.79 Å². The van der Waals surface area contributed by atoms with Gasteiger partial charge >= 0.3 is 0 Å². The predicted molar refractivity (Wildman–Crippen MR) is 67.0 cm³/mol. The third kappa shape index (κ3) is 3.08. The molecule has 0 aliphatic rings. The quantitative estimate of drug-likeness (QED) is 0.909. The zero-order valence-corrected chi connectivity index (χ0v) is 10.3. The Morgan fingerprint density at radius 3 is 2.81 bits per heavy atom. The van der Waals surface area contributed by atoms with Crippen molar-refractivity contribution in [2.45, 2.75) is 16.0 Å². The molecular weight excluding hydrogens is 240 g/mol. The average Bonchev–Trinajstić information content (AvgIpc) is 2.66. The molecule has 0 spiro atoms. The van der Waals surface area contributed by atoms with E-state index in [-0.39, 0.29) is 5.91 Å². The van der Waals surface area contributed by atoms with Crippen LogP contribution in [0.2, 0.25) is 0 Å². The summed E-state index contributed by atoms with van der Waals surface area (Å²) in [7, 11) is 0. The van der Waals surface area contributed by atoms with Crippen LogP contribution in [0.25, 0.3) is 0 Å². The van der Waals surface area contributed by atoms with Crippen LogP contribution >= 0.6 is 23.1 Å². The molecule has 0 aliphatic carbocycles. The summed E-state index contributed by atoms with van der Waals surface area (Å²) in [6.45, 7) is 1.48. The molecule has 16 heavy (non-hydrogen) atoms. The van der Waals surface area contributed by atoms with Gasteiger partial charge in [-0.3, -0.25) is 4.79 Å². The molecule has 0 aliphatic heterocycles. The fourth-order valence-electron chi connectivity index (χ4n) is 1.12. The monoisotopic (exact) mass is 250 g/mol. The summed E-state index contributed by atoms with van der Waals surface area (Å²) >= 11 is 3.12. The molecule has 0 bridgehead atoms. The number of nitrogens with zero attached hydrogens (tertiary/aromatic N) is 1. The van der Waals surface area contributed by atoms with Crippen LogP contribution < -0.4 is 5.32 Å². The highest BCUT2D eigenvalue weighted by Gasteiger charge is 2.04. The summed E-state index contributed by atoms with van der Waals surface area (Å²) in [5.74, 6) is -0.0920. The van der Waals surface area contributed by atoms with Crippen LogP contribution in [0, 0.1) is 0 Å². The number of hydrogen-bond donors (Lipinski definition) is 1. The average molecular weight is 250 g/mol. The molecule has 1 amide bonds. The van der Waals surface area contributed by atoms with Crippen molar-refractivity contribution in [3.05, 3.63) is 36.5 Å². The molecule has 82 valence electrons. The van der Waals surface area contributed by atoms with Gasteiger partial charge in [0.1, 0.15) is 0 Å². The lowest BCUT2D eigenvalue weighted by Gasteiger charge is -1.96. The Morgan fingerprint density at radius 2 is 2.12 bits per heavy atom. The number of rotatable bonds is 3. The fourth-order valence-corrected chi connectivity index (χ4v) is 3.04. The van der Waals surface area contributed by atoms with Gasteiger partial charge in [0.05, 0.1) is 10.4 Å². The van der Waals surface area contributed by atoms with E-state index in [9.17, 15) is 4.79 Å². The zero-order chi connectivity index (χ0) is 11.4. The van der Waals surface area contributed by atoms with Crippen LogP contribution in [0.3, 0.4) is 0 Å². The van der Waals surface area contributed by atoms with E-state index >= 15 is 0 Å². The third-order valence-corrected chi connectivity index (χ3v) is 3.75. The lowest BCUT2D eigenvalue weighted by atomic mass is 10.4. The molecule has 0 atom stereocenters. The Bertz CT molecular complexity index is 482. The highest BCUT2D eigenvalue weighted by atomic mass is 32.2. The molecule has 3 nitrogen and oxygen atoms in total. The van der Waals surface area contributed by atoms with E-state index in [1.54, 1.807) is 18.0 Å². The molecule has 0 unspecified atom stereocenters. The van der Waals surface area contributed by atoms with Gasteiger partial charge in [0, 0.05) is 11.8 Å². The highest BCUT2D eigenvalue weighted by molar-refractivity contribution is 8.01. The smallest absolute Gasteiger partial charge is 0.223 e. The largest absolute Gasteiger partial charge is 0.302 e. The Labute approximate surface area is 102 Å². The van der Waals surface area contributed by atoms with Gasteiger partial charge in [-0.1, -0.05) is 41.3 Å². The molecule has 1 aromatic carbocycles. The Hall–Kier alpha value is -1.33. The molecule has 0 fully saturated rings. The van der Waals surface area contributed by atoms with Crippen molar-refractivity contribution in [3.8, 4) is 0 Å². The molecule has 2 rings (SSSR count). The van der Waals surface area contributed by atoms with Gasteiger partial charge in [-0.15, -0.1) is 0 Å². The van der Waals surface area contributed by atoms with Gasteiger partial charge < -0.3 is 5.32 Å². The van der Waals surface area contributed by atoms with E-state index in [1.807, 2.05) is 30.3 Å². The lowest BCUT2D eigenvalue weighted by Crippen LogP contribution is -2.04. The summed E-state index contributed by atoms with van der Waals surface area (Å²) < 4.78 is 1.06. The van der Waals surface area contributed by atoms with Crippen LogP contribution in [0.5, 0.6) is 0 Å². The summed E-state index contributed by atoms with van der Waals surface area (Å²) in [5.41, 5.74) is 0. The Kier molecular flexibility index (Phi) is 3.58. The van der Waals surface area contributed by atoms with Crippen molar-refractivity contribution in [1.29, 1.82) is 0 Å². The van der Waals surface area contributed by atoms with Crippen molar-refractivity contribution < 1.29 is 4.79 Å². The van der Waals surface area contributed by atoms with Crippen LogP contribution in [0.15, 0.2) is 45.6 Å². The number of benzene rings is 1. The Balaban J connectivity index is 2.06. The van der Waals surface area contributed by atoms with E-state index in [4.69, 9.17) is 0 Å². The first kappa shape index (κ1) is 11.2. The number of thiazole rings is 1. The van der Waals surface area contributed by atoms with Gasteiger partial charge in [-0.25, -0.2) is 4.98 Å². The van der Waals surface area contributed by atoms with Gasteiger partial charge in [0.2, 0.25) is 5.91 Å². The molecule has 0 radical (unpaired) electrons. The minimum absolute atomic E-state index is 0.0920. The summed E-state index contributed by atoms with van der Waals surface area (Å²) in [6.07, 6.45) is 1.77. The molecule has 1 aromatic heterocycles. The Morgan fingerprint density at radius 1 is 1.38 bits per heavy atom. The van der Waals surface area contributed by atoms with E-state index in [0.29, 0.717) is 5.13 Å². The predicted octanol–water partition coefficient (Wildman–Crippen LogP) is 3.25. The van der Waals surface area contributed by atoms with E-state index < -0.39 is 0 Å². The van der Waals surface area contributed by atoms with Crippen molar-refractivity contribution in [3.63, 3.8) is 0 Å². The van der Waals surface area contributed by atoms with Crippen molar-refractivity contribution in [2.75, 3.05) is 5.32 Å². The number of anilines is 1. The molecule has 2 aromatic rings. The fraction of sp³-hybridized carbons (Fsp3) is 0.0909. The molecule has 0 saturated carbocycles. The first-order valence-corrected chi connectivity index (χ1v) is 6.33. The van der Waals surface area contributed by atoms with Crippen LogP contribution in [0.4, 0.5) is 5.13 Å². The second kappa shape index (κ2) is 5.14. The standard InChI is InChI=1S/C11H10N2OS2/c1-8(14)13-11-12-7-10(16-11)15-9-5-3-2-4-6-9/h2-7H,1H3,(H,12,13,14). The van der Waals surface area contributed by atoms with Crippen LogP contribution in [0.1, 0.15) is 6.92 Å². The second-order valence-electron chi connectivity index (χ2n) is 3.08. The minimum Gasteiger partial charge on any atom is -0.302 e. The lowest BCUT2D eigenvalue weighted by molar-refractivity contribution is -0.114. The highest BCUT2D eigenvalue weighted by Crippen LogP contribution is 2.33. The SMILES string of the molecule is CC(=O)Nc1ncc(Sc2ccccc2)s1. The van der Waals surface area contributed by atoms with Crippen molar-refractivity contribution in [2.24, 2.45) is 0 Å². The maximum Gasteiger partial charge on any atom is 0.223 e. The number of carbonyl (C=O) groups excluding carboxylic acids is 1. The minimum atomic E-state index is -0.0920. The molecule has 1 N–H and O–H groups in total. The van der Waals surface area contributed by atoms with E-state index in [1.165, 1.54) is 23.2 Å². The van der Waals surface area contributed by atoms with Crippen molar-refractivity contribution in [1.82, 2.24) is 4.98 Å². The normalized spacial score (nSPS) is 10.1. The third-order valence-electron chi connectivity index (χ3n) is 1.73. The molecular formula is C11H10N2OS2. The van der Waals surface area contributed by atoms with E-state index in [0.717, 1.165) is 4.21 Å². The maximum absolute atomic E-state index is 10.8. The van der Waals surface area contributed by atoms with Crippen molar-refractivity contribution >= 4 is 34.1 Å². The number of hydrogen-bond acceptors (Lipinski definition) is 4. The van der Waals surface area contributed by atoms with Crippen LogP contribution in [-0.4, -0.2) is 10.9 Å². The maximum atomic E-state index is 10.8. The first-order valence-electron chi connectivity index (χ1n) is 4.70. The summed E-state index contributed by atoms with van der Waals surface area (Å²) in [5, 5.41) is 3.31.